The minimum atomic E-state index is -0.410. The van der Waals surface area contributed by atoms with E-state index in [1.54, 1.807) is 0 Å². The second-order valence-corrected chi connectivity index (χ2v) is 8.59. The van der Waals surface area contributed by atoms with E-state index in [0.29, 0.717) is 17.2 Å². The van der Waals surface area contributed by atoms with Crippen molar-refractivity contribution in [2.75, 3.05) is 6.61 Å². The van der Waals surface area contributed by atoms with Crippen LogP contribution in [0.3, 0.4) is 0 Å². The van der Waals surface area contributed by atoms with Gasteiger partial charge in [0.2, 0.25) is 0 Å². The highest BCUT2D eigenvalue weighted by Gasteiger charge is 2.39. The van der Waals surface area contributed by atoms with E-state index >= 15 is 0 Å². The molecule has 0 amide bonds. The van der Waals surface area contributed by atoms with Crippen molar-refractivity contribution in [3.63, 3.8) is 0 Å². The Morgan fingerprint density at radius 2 is 1.86 bits per heavy atom. The smallest absolute Gasteiger partial charge is 0.343 e. The maximum absolute atomic E-state index is 13.1. The van der Waals surface area contributed by atoms with E-state index in [1.165, 1.54) is 0 Å². The van der Waals surface area contributed by atoms with Gasteiger partial charge in [0, 0.05) is 24.0 Å². The molecule has 0 aliphatic heterocycles. The van der Waals surface area contributed by atoms with Crippen molar-refractivity contribution in [3.8, 4) is 5.75 Å². The van der Waals surface area contributed by atoms with Gasteiger partial charge in [0.1, 0.15) is 11.5 Å². The third kappa shape index (κ3) is 3.62. The van der Waals surface area contributed by atoms with Gasteiger partial charge in [0.15, 0.2) is 0 Å². The Hall–Kier alpha value is -2.07. The molecule has 4 heteroatoms. The van der Waals surface area contributed by atoms with Crippen molar-refractivity contribution in [2.24, 2.45) is 11.8 Å². The van der Waals surface area contributed by atoms with Gasteiger partial charge in [-0.25, -0.2) is 4.79 Å². The summed E-state index contributed by atoms with van der Waals surface area (Å²) in [6, 6.07) is 10.0. The lowest BCUT2D eigenvalue weighted by Crippen LogP contribution is -2.23. The molecule has 2 N–H and O–H groups in total. The monoisotopic (exact) mass is 382 g/mol. The molecule has 3 atom stereocenters. The molecule has 4 rings (SSSR count). The number of fused-ring (bicyclic) bond motifs is 1. The number of hydrogen-bond donors (Lipinski definition) is 2. The minimum Gasteiger partial charge on any atom is -0.507 e. The van der Waals surface area contributed by atoms with Crippen LogP contribution in [0.1, 0.15) is 79.7 Å². The first-order valence-corrected chi connectivity index (χ1v) is 10.7. The Labute approximate surface area is 166 Å². The molecule has 0 bridgehead atoms. The highest BCUT2D eigenvalue weighted by atomic mass is 16.4. The van der Waals surface area contributed by atoms with Crippen LogP contribution in [0.25, 0.3) is 0 Å². The fraction of sp³-hybridized carbons (Fsp3) is 0.542. The summed E-state index contributed by atoms with van der Waals surface area (Å²) in [6.07, 6.45) is 6.86. The predicted molar refractivity (Wildman–Crippen MR) is 109 cm³/mol. The molecule has 1 fully saturated rings. The molecule has 1 aromatic carbocycles. The Balaban J connectivity index is 1.86. The Bertz CT molecular complexity index is 866. The van der Waals surface area contributed by atoms with E-state index in [1.807, 2.05) is 37.3 Å². The summed E-state index contributed by atoms with van der Waals surface area (Å²) >= 11 is 0. The highest BCUT2D eigenvalue weighted by molar-refractivity contribution is 5.47. The van der Waals surface area contributed by atoms with E-state index in [9.17, 15) is 15.0 Å². The molecule has 28 heavy (non-hydrogen) atoms. The van der Waals surface area contributed by atoms with E-state index in [-0.39, 0.29) is 30.1 Å². The van der Waals surface area contributed by atoms with Crippen LogP contribution in [0, 0.1) is 11.8 Å². The molecule has 4 nitrogen and oxygen atoms in total. The summed E-state index contributed by atoms with van der Waals surface area (Å²) in [6.45, 7) is 2.03. The van der Waals surface area contributed by atoms with Crippen molar-refractivity contribution in [1.82, 2.24) is 0 Å². The molecule has 150 valence electrons. The molecule has 2 aliphatic rings. The quantitative estimate of drug-likeness (QED) is 0.785. The standard InChI is InChI=1S/C24H30O4/c1-15(14-25)18-10-6-3-7-11-19-22(26)21(24(27)28-23(18)19)20(17-12-13-17)16-8-4-2-5-9-16/h2,4-5,8-9,15,17-18,20,25-26H,3,6-7,10-14H2,1H3. The van der Waals surface area contributed by atoms with Crippen LogP contribution in [0.15, 0.2) is 39.5 Å². The topological polar surface area (TPSA) is 70.7 Å². The molecular weight excluding hydrogens is 352 g/mol. The molecule has 2 aliphatic carbocycles. The summed E-state index contributed by atoms with van der Waals surface area (Å²) in [7, 11) is 0. The maximum Gasteiger partial charge on any atom is 0.343 e. The van der Waals surface area contributed by atoms with Crippen molar-refractivity contribution in [2.45, 2.75) is 63.7 Å². The Kier molecular flexibility index (Phi) is 5.58. The van der Waals surface area contributed by atoms with Crippen molar-refractivity contribution in [1.29, 1.82) is 0 Å². The summed E-state index contributed by atoms with van der Waals surface area (Å²) in [5, 5.41) is 21.0. The van der Waals surface area contributed by atoms with Crippen LogP contribution in [-0.2, 0) is 6.42 Å². The molecular formula is C24H30O4. The van der Waals surface area contributed by atoms with Gasteiger partial charge in [-0.15, -0.1) is 0 Å². The van der Waals surface area contributed by atoms with E-state index in [4.69, 9.17) is 4.42 Å². The van der Waals surface area contributed by atoms with E-state index < -0.39 is 5.63 Å². The van der Waals surface area contributed by atoms with Gasteiger partial charge in [0.05, 0.1) is 5.56 Å². The first-order chi connectivity index (χ1) is 13.6. The largest absolute Gasteiger partial charge is 0.507 e. The number of aliphatic hydroxyl groups is 1. The number of rotatable bonds is 5. The van der Waals surface area contributed by atoms with Crippen molar-refractivity contribution < 1.29 is 14.6 Å². The average molecular weight is 383 g/mol. The van der Waals surface area contributed by atoms with Crippen LogP contribution in [0.2, 0.25) is 0 Å². The van der Waals surface area contributed by atoms with Crippen LogP contribution in [0.4, 0.5) is 0 Å². The van der Waals surface area contributed by atoms with Gasteiger partial charge in [-0.3, -0.25) is 0 Å². The normalized spacial score (nSPS) is 22.0. The van der Waals surface area contributed by atoms with Gasteiger partial charge in [0.25, 0.3) is 0 Å². The fourth-order valence-corrected chi connectivity index (χ4v) is 4.82. The van der Waals surface area contributed by atoms with Gasteiger partial charge in [-0.05, 0) is 49.5 Å². The maximum atomic E-state index is 13.1. The number of hydrogen-bond acceptors (Lipinski definition) is 4. The molecule has 0 saturated heterocycles. The van der Waals surface area contributed by atoms with Gasteiger partial charge in [-0.1, -0.05) is 50.1 Å². The number of aliphatic hydroxyl groups excluding tert-OH is 1. The number of benzene rings is 1. The van der Waals surface area contributed by atoms with Crippen LogP contribution >= 0.6 is 0 Å². The van der Waals surface area contributed by atoms with Crippen molar-refractivity contribution in [3.05, 3.63) is 63.2 Å². The summed E-state index contributed by atoms with van der Waals surface area (Å²) in [5.41, 5.74) is 1.89. The molecule has 3 unspecified atom stereocenters. The zero-order valence-corrected chi connectivity index (χ0v) is 16.6. The molecule has 1 aromatic heterocycles. The van der Waals surface area contributed by atoms with Crippen molar-refractivity contribution >= 4 is 0 Å². The lowest BCUT2D eigenvalue weighted by atomic mass is 9.80. The van der Waals surface area contributed by atoms with Gasteiger partial charge >= 0.3 is 5.63 Å². The second kappa shape index (κ2) is 8.12. The molecule has 1 heterocycles. The molecule has 0 radical (unpaired) electrons. The zero-order valence-electron chi connectivity index (χ0n) is 16.6. The fourth-order valence-electron chi connectivity index (χ4n) is 4.82. The third-order valence-corrected chi connectivity index (χ3v) is 6.58. The zero-order chi connectivity index (χ0) is 19.7. The van der Waals surface area contributed by atoms with Gasteiger partial charge in [-0.2, -0.15) is 0 Å². The number of aromatic hydroxyl groups is 1. The summed E-state index contributed by atoms with van der Waals surface area (Å²) in [5.74, 6) is 0.999. The predicted octanol–water partition coefficient (Wildman–Crippen LogP) is 4.72. The lowest BCUT2D eigenvalue weighted by molar-refractivity contribution is 0.193. The lowest BCUT2D eigenvalue weighted by Gasteiger charge is -2.27. The Morgan fingerprint density at radius 1 is 1.11 bits per heavy atom. The van der Waals surface area contributed by atoms with Crippen LogP contribution in [0.5, 0.6) is 5.75 Å². The summed E-state index contributed by atoms with van der Waals surface area (Å²) < 4.78 is 5.94. The van der Waals surface area contributed by atoms with Crippen LogP contribution in [-0.4, -0.2) is 16.8 Å². The first kappa shape index (κ1) is 19.3. The molecule has 0 spiro atoms. The second-order valence-electron chi connectivity index (χ2n) is 8.59. The summed E-state index contributed by atoms with van der Waals surface area (Å²) in [4.78, 5) is 13.1. The molecule has 1 saturated carbocycles. The first-order valence-electron chi connectivity index (χ1n) is 10.7. The van der Waals surface area contributed by atoms with Crippen LogP contribution < -0.4 is 5.63 Å². The molecule has 2 aromatic rings. The van der Waals surface area contributed by atoms with E-state index in [2.05, 4.69) is 0 Å². The van der Waals surface area contributed by atoms with Gasteiger partial charge < -0.3 is 14.6 Å². The van der Waals surface area contributed by atoms with E-state index in [0.717, 1.165) is 56.1 Å². The SMILES string of the molecule is CC(CO)C1CCCCCc2c1oc(=O)c(C(c1ccccc1)C1CC1)c2O. The highest BCUT2D eigenvalue weighted by Crippen LogP contribution is 2.49. The Morgan fingerprint density at radius 3 is 2.54 bits per heavy atom. The minimum absolute atomic E-state index is 0.00129. The average Bonchev–Trinajstić information content (AvgIpc) is 3.52. The third-order valence-electron chi connectivity index (χ3n) is 6.58.